The number of ether oxygens (including phenoxy) is 1. The van der Waals surface area contributed by atoms with Crippen LogP contribution in [0.5, 0.6) is 0 Å². The van der Waals surface area contributed by atoms with Gasteiger partial charge in [-0.05, 0) is 40.5 Å². The molecule has 0 saturated carbocycles. The maximum Gasteiger partial charge on any atom is 0.407 e. The molecule has 1 amide bonds. The van der Waals surface area contributed by atoms with E-state index in [1.54, 1.807) is 0 Å². The molecule has 0 fully saturated rings. The Labute approximate surface area is 92.9 Å². The van der Waals surface area contributed by atoms with Crippen molar-refractivity contribution in [1.82, 2.24) is 5.32 Å². The van der Waals surface area contributed by atoms with Crippen LogP contribution in [0.25, 0.3) is 0 Å². The molecule has 0 aromatic rings. The lowest BCUT2D eigenvalue weighted by atomic mass is 9.97. The fraction of sp³-hybridized carbons (Fsp3) is 0.750. The Kier molecular flexibility index (Phi) is 4.85. The van der Waals surface area contributed by atoms with Crippen LogP contribution in [0.15, 0.2) is 12.2 Å². The van der Waals surface area contributed by atoms with Crippen molar-refractivity contribution in [2.24, 2.45) is 5.92 Å². The molecule has 0 spiro atoms. The van der Waals surface area contributed by atoms with Crippen molar-refractivity contribution in [3.8, 4) is 0 Å². The first-order chi connectivity index (χ1) is 6.63. The van der Waals surface area contributed by atoms with Crippen molar-refractivity contribution in [2.75, 3.05) is 0 Å². The molecular formula is C12H23NO2. The summed E-state index contributed by atoms with van der Waals surface area (Å²) >= 11 is 0. The number of amides is 1. The van der Waals surface area contributed by atoms with E-state index in [-0.39, 0.29) is 18.1 Å². The van der Waals surface area contributed by atoms with Crippen molar-refractivity contribution in [2.45, 2.75) is 53.2 Å². The van der Waals surface area contributed by atoms with Gasteiger partial charge in [-0.2, -0.15) is 0 Å². The molecule has 3 nitrogen and oxygen atoms in total. The number of carbonyl (C=O) groups excluding carboxylic acids is 1. The monoisotopic (exact) mass is 213 g/mol. The summed E-state index contributed by atoms with van der Waals surface area (Å²) in [6.45, 7) is 15.3. The molecule has 0 saturated heterocycles. The van der Waals surface area contributed by atoms with Gasteiger partial charge in [-0.3, -0.25) is 0 Å². The van der Waals surface area contributed by atoms with Gasteiger partial charge in [0.15, 0.2) is 0 Å². The summed E-state index contributed by atoms with van der Waals surface area (Å²) in [6.07, 6.45) is -0.372. The summed E-state index contributed by atoms with van der Waals surface area (Å²) < 4.78 is 5.16. The van der Waals surface area contributed by atoms with Crippen LogP contribution in [-0.4, -0.2) is 17.7 Å². The van der Waals surface area contributed by atoms with Crippen LogP contribution < -0.4 is 5.32 Å². The number of hydrogen-bond donors (Lipinski definition) is 1. The van der Waals surface area contributed by atoms with Crippen LogP contribution in [0.3, 0.4) is 0 Å². The number of nitrogens with one attached hydrogen (secondary N) is 1. The SMILES string of the molecule is C=C(C)[C@H](C)[C@H](C)NC(=O)OC(C)(C)C. The van der Waals surface area contributed by atoms with E-state index in [9.17, 15) is 4.79 Å². The molecule has 0 aromatic heterocycles. The first-order valence-electron chi connectivity index (χ1n) is 5.28. The smallest absolute Gasteiger partial charge is 0.407 e. The lowest BCUT2D eigenvalue weighted by Gasteiger charge is -2.25. The van der Waals surface area contributed by atoms with Gasteiger partial charge < -0.3 is 10.1 Å². The zero-order valence-corrected chi connectivity index (χ0v) is 10.7. The van der Waals surface area contributed by atoms with Crippen LogP contribution in [0.1, 0.15) is 41.5 Å². The van der Waals surface area contributed by atoms with Crippen LogP contribution in [0.2, 0.25) is 0 Å². The zero-order chi connectivity index (χ0) is 12.2. The Morgan fingerprint density at radius 2 is 1.80 bits per heavy atom. The molecule has 3 heteroatoms. The van der Waals surface area contributed by atoms with E-state index in [1.165, 1.54) is 0 Å². The molecule has 2 atom stereocenters. The van der Waals surface area contributed by atoms with Crippen molar-refractivity contribution in [1.29, 1.82) is 0 Å². The van der Waals surface area contributed by atoms with Gasteiger partial charge >= 0.3 is 6.09 Å². The Hall–Kier alpha value is -0.990. The molecule has 1 N–H and O–H groups in total. The van der Waals surface area contributed by atoms with Gasteiger partial charge in [0.2, 0.25) is 0 Å². The first kappa shape index (κ1) is 14.0. The van der Waals surface area contributed by atoms with Crippen molar-refractivity contribution in [3.05, 3.63) is 12.2 Å². The average molecular weight is 213 g/mol. The molecule has 15 heavy (non-hydrogen) atoms. The normalized spacial score (nSPS) is 15.3. The van der Waals surface area contributed by atoms with Gasteiger partial charge in [0.1, 0.15) is 5.60 Å². The lowest BCUT2D eigenvalue weighted by molar-refractivity contribution is 0.0498. The van der Waals surface area contributed by atoms with Gasteiger partial charge in [-0.25, -0.2) is 4.79 Å². The second kappa shape index (κ2) is 5.19. The minimum Gasteiger partial charge on any atom is -0.444 e. The standard InChI is InChI=1S/C12H23NO2/c1-8(2)9(3)10(4)13-11(14)15-12(5,6)7/h9-10H,1H2,2-7H3,(H,13,14)/t9-,10-/m0/s1. The molecular weight excluding hydrogens is 190 g/mol. The predicted molar refractivity (Wildman–Crippen MR) is 62.8 cm³/mol. The molecule has 88 valence electrons. The van der Waals surface area contributed by atoms with Gasteiger partial charge in [0, 0.05) is 6.04 Å². The Balaban J connectivity index is 4.13. The van der Waals surface area contributed by atoms with E-state index in [2.05, 4.69) is 11.9 Å². The summed E-state index contributed by atoms with van der Waals surface area (Å²) in [4.78, 5) is 11.4. The first-order valence-corrected chi connectivity index (χ1v) is 5.28. The topological polar surface area (TPSA) is 38.3 Å². The molecule has 0 bridgehead atoms. The number of alkyl carbamates (subject to hydrolysis) is 1. The molecule has 0 aliphatic carbocycles. The van der Waals surface area contributed by atoms with E-state index in [0.717, 1.165) is 5.57 Å². The molecule has 0 aromatic carbocycles. The quantitative estimate of drug-likeness (QED) is 0.731. The molecule has 0 rings (SSSR count). The molecule has 0 aliphatic heterocycles. The highest BCUT2D eigenvalue weighted by molar-refractivity contribution is 5.68. The minimum atomic E-state index is -0.448. The zero-order valence-electron chi connectivity index (χ0n) is 10.7. The fourth-order valence-corrected chi connectivity index (χ4v) is 1.05. The molecule has 0 heterocycles. The third-order valence-corrected chi connectivity index (χ3v) is 2.27. The second-order valence-electron chi connectivity index (χ2n) is 5.07. The lowest BCUT2D eigenvalue weighted by Crippen LogP contribution is -2.40. The summed E-state index contributed by atoms with van der Waals surface area (Å²) in [7, 11) is 0. The Morgan fingerprint density at radius 1 is 1.33 bits per heavy atom. The minimum absolute atomic E-state index is 0.0392. The summed E-state index contributed by atoms with van der Waals surface area (Å²) in [6, 6.07) is 0.0392. The predicted octanol–water partition coefficient (Wildman–Crippen LogP) is 3.11. The average Bonchev–Trinajstić information content (AvgIpc) is 1.98. The van der Waals surface area contributed by atoms with Gasteiger partial charge in [0.25, 0.3) is 0 Å². The van der Waals surface area contributed by atoms with Crippen LogP contribution in [0.4, 0.5) is 4.79 Å². The van der Waals surface area contributed by atoms with Crippen molar-refractivity contribution >= 4 is 6.09 Å². The van der Waals surface area contributed by atoms with Crippen LogP contribution >= 0.6 is 0 Å². The Bertz CT molecular complexity index is 240. The molecule has 0 radical (unpaired) electrons. The highest BCUT2D eigenvalue weighted by Crippen LogP contribution is 2.13. The number of hydrogen-bond acceptors (Lipinski definition) is 2. The van der Waals surface area contributed by atoms with E-state index < -0.39 is 5.60 Å². The summed E-state index contributed by atoms with van der Waals surface area (Å²) in [5.41, 5.74) is 0.606. The second-order valence-corrected chi connectivity index (χ2v) is 5.07. The fourth-order valence-electron chi connectivity index (χ4n) is 1.05. The van der Waals surface area contributed by atoms with Crippen molar-refractivity contribution < 1.29 is 9.53 Å². The van der Waals surface area contributed by atoms with Gasteiger partial charge in [-0.15, -0.1) is 0 Å². The van der Waals surface area contributed by atoms with Gasteiger partial charge in [-0.1, -0.05) is 19.1 Å². The highest BCUT2D eigenvalue weighted by atomic mass is 16.6. The summed E-state index contributed by atoms with van der Waals surface area (Å²) in [5.74, 6) is 0.248. The molecule has 0 aliphatic rings. The maximum atomic E-state index is 11.4. The molecule has 0 unspecified atom stereocenters. The van der Waals surface area contributed by atoms with E-state index >= 15 is 0 Å². The van der Waals surface area contributed by atoms with E-state index in [1.807, 2.05) is 41.5 Å². The summed E-state index contributed by atoms with van der Waals surface area (Å²) in [5, 5.41) is 2.80. The van der Waals surface area contributed by atoms with Gasteiger partial charge in [0.05, 0.1) is 0 Å². The van der Waals surface area contributed by atoms with Crippen LogP contribution in [-0.2, 0) is 4.74 Å². The largest absolute Gasteiger partial charge is 0.444 e. The van der Waals surface area contributed by atoms with Crippen LogP contribution in [0, 0.1) is 5.92 Å². The number of carbonyl (C=O) groups is 1. The Morgan fingerprint density at radius 3 is 2.13 bits per heavy atom. The third-order valence-electron chi connectivity index (χ3n) is 2.27. The third kappa shape index (κ3) is 6.15. The van der Waals surface area contributed by atoms with E-state index in [0.29, 0.717) is 0 Å². The van der Waals surface area contributed by atoms with E-state index in [4.69, 9.17) is 4.74 Å². The maximum absolute atomic E-state index is 11.4. The van der Waals surface area contributed by atoms with Crippen molar-refractivity contribution in [3.63, 3.8) is 0 Å². The number of rotatable bonds is 3. The highest BCUT2D eigenvalue weighted by Gasteiger charge is 2.20.